The van der Waals surface area contributed by atoms with Crippen molar-refractivity contribution in [1.82, 2.24) is 13.6 Å². The van der Waals surface area contributed by atoms with Crippen LogP contribution in [0.15, 0.2) is 36.4 Å². The van der Waals surface area contributed by atoms with Crippen LogP contribution < -0.4 is 0 Å². The van der Waals surface area contributed by atoms with Gasteiger partial charge in [-0.3, -0.25) is 4.98 Å². The number of hydrogen-bond donors (Lipinski definition) is 0. The Bertz CT molecular complexity index is 915. The maximum atomic E-state index is 12.5. The molecule has 0 aliphatic carbocycles. The first-order valence-corrected chi connectivity index (χ1v) is 10.9. The van der Waals surface area contributed by atoms with Gasteiger partial charge in [-0.1, -0.05) is 23.7 Å². The van der Waals surface area contributed by atoms with Crippen molar-refractivity contribution in [2.75, 3.05) is 27.2 Å². The lowest BCUT2D eigenvalue weighted by atomic mass is 9.93. The van der Waals surface area contributed by atoms with Gasteiger partial charge in [0.15, 0.2) is 0 Å². The van der Waals surface area contributed by atoms with E-state index in [9.17, 15) is 8.42 Å². The molecule has 0 N–H and O–H groups in total. The monoisotopic (exact) mass is 407 g/mol. The van der Waals surface area contributed by atoms with E-state index in [1.54, 1.807) is 18.4 Å². The van der Waals surface area contributed by atoms with Gasteiger partial charge < -0.3 is 0 Å². The summed E-state index contributed by atoms with van der Waals surface area (Å²) in [5.74, 6) is 0.117. The van der Waals surface area contributed by atoms with Crippen molar-refractivity contribution in [3.05, 3.63) is 63.9 Å². The highest BCUT2D eigenvalue weighted by atomic mass is 35.5. The van der Waals surface area contributed by atoms with Crippen LogP contribution in [0.2, 0.25) is 5.02 Å². The molecule has 0 unspecified atom stereocenters. The van der Waals surface area contributed by atoms with Gasteiger partial charge in [0.05, 0.1) is 0 Å². The standard InChI is InChI=1S/C20H26ClN3O2S/c1-15-10-17(11-16-6-4-8-19(21)12-16)13-20(22-15)18-7-5-9-24(14-18)27(25,26)23(2)3/h4,6,8,10,12-13,18H,5,7,9,11,14H2,1-3H3/t18-/m1/s1. The zero-order chi connectivity index (χ0) is 19.6. The summed E-state index contributed by atoms with van der Waals surface area (Å²) >= 11 is 6.10. The number of aryl methyl sites for hydroxylation is 1. The minimum Gasteiger partial charge on any atom is -0.258 e. The Labute approximate surface area is 167 Å². The zero-order valence-electron chi connectivity index (χ0n) is 16.0. The topological polar surface area (TPSA) is 53.5 Å². The van der Waals surface area contributed by atoms with E-state index in [-0.39, 0.29) is 5.92 Å². The molecule has 7 heteroatoms. The largest absolute Gasteiger partial charge is 0.281 e. The van der Waals surface area contributed by atoms with Crippen LogP contribution in [0.5, 0.6) is 0 Å². The molecule has 2 heterocycles. The van der Waals surface area contributed by atoms with E-state index >= 15 is 0 Å². The van der Waals surface area contributed by atoms with Crippen LogP contribution in [0.3, 0.4) is 0 Å². The Kier molecular flexibility index (Phi) is 6.21. The van der Waals surface area contributed by atoms with E-state index in [4.69, 9.17) is 16.6 Å². The zero-order valence-corrected chi connectivity index (χ0v) is 17.6. The Balaban J connectivity index is 1.83. The van der Waals surface area contributed by atoms with E-state index in [2.05, 4.69) is 18.2 Å². The summed E-state index contributed by atoms with van der Waals surface area (Å²) in [7, 11) is -0.238. The molecule has 0 amide bonds. The molecule has 2 aromatic rings. The third kappa shape index (κ3) is 4.88. The highest BCUT2D eigenvalue weighted by Crippen LogP contribution is 2.29. The second-order valence-electron chi connectivity index (χ2n) is 7.34. The van der Waals surface area contributed by atoms with Gasteiger partial charge in [-0.2, -0.15) is 17.0 Å². The highest BCUT2D eigenvalue weighted by Gasteiger charge is 2.31. The fourth-order valence-corrected chi connectivity index (χ4v) is 4.99. The van der Waals surface area contributed by atoms with E-state index < -0.39 is 10.2 Å². The van der Waals surface area contributed by atoms with E-state index in [1.807, 2.05) is 25.1 Å². The molecular formula is C20H26ClN3O2S. The number of nitrogens with zero attached hydrogens (tertiary/aromatic N) is 3. The Morgan fingerprint density at radius 1 is 1.22 bits per heavy atom. The van der Waals surface area contributed by atoms with Crippen LogP contribution in [0.1, 0.15) is 41.3 Å². The van der Waals surface area contributed by atoms with Gasteiger partial charge in [0.25, 0.3) is 10.2 Å². The normalized spacial score (nSPS) is 18.8. The summed E-state index contributed by atoms with van der Waals surface area (Å²) in [6, 6.07) is 12.1. The van der Waals surface area contributed by atoms with Gasteiger partial charge >= 0.3 is 0 Å². The molecule has 0 bridgehead atoms. The van der Waals surface area contributed by atoms with Crippen molar-refractivity contribution in [2.24, 2.45) is 0 Å². The molecule has 0 spiro atoms. The molecule has 1 aromatic heterocycles. The van der Waals surface area contributed by atoms with Crippen molar-refractivity contribution in [1.29, 1.82) is 0 Å². The molecule has 1 atom stereocenters. The number of halogens is 1. The van der Waals surface area contributed by atoms with E-state index in [0.717, 1.165) is 41.2 Å². The van der Waals surface area contributed by atoms with Gasteiger partial charge in [0.2, 0.25) is 0 Å². The minimum atomic E-state index is -3.39. The van der Waals surface area contributed by atoms with Crippen molar-refractivity contribution >= 4 is 21.8 Å². The van der Waals surface area contributed by atoms with Gasteiger partial charge in [-0.25, -0.2) is 0 Å². The number of rotatable bonds is 5. The van der Waals surface area contributed by atoms with Crippen LogP contribution in [0.25, 0.3) is 0 Å². The van der Waals surface area contributed by atoms with Crippen LogP contribution in [-0.4, -0.2) is 49.2 Å². The van der Waals surface area contributed by atoms with Crippen molar-refractivity contribution in [3.8, 4) is 0 Å². The number of hydrogen-bond acceptors (Lipinski definition) is 3. The number of pyridine rings is 1. The first-order valence-electron chi connectivity index (χ1n) is 9.15. The number of aromatic nitrogens is 1. The molecule has 1 saturated heterocycles. The van der Waals surface area contributed by atoms with E-state index in [1.165, 1.54) is 9.87 Å². The molecular weight excluding hydrogens is 382 g/mol. The van der Waals surface area contributed by atoms with Gasteiger partial charge in [0, 0.05) is 49.5 Å². The summed E-state index contributed by atoms with van der Waals surface area (Å²) in [6.07, 6.45) is 2.58. The fraction of sp³-hybridized carbons (Fsp3) is 0.450. The summed E-state index contributed by atoms with van der Waals surface area (Å²) in [4.78, 5) is 4.72. The van der Waals surface area contributed by atoms with Crippen molar-refractivity contribution < 1.29 is 8.42 Å². The molecule has 146 valence electrons. The van der Waals surface area contributed by atoms with Crippen LogP contribution in [-0.2, 0) is 16.6 Å². The lowest BCUT2D eigenvalue weighted by Crippen LogP contribution is -2.45. The second-order valence-corrected chi connectivity index (χ2v) is 9.91. The summed E-state index contributed by atoms with van der Waals surface area (Å²) in [6.45, 7) is 3.04. The predicted molar refractivity (Wildman–Crippen MR) is 109 cm³/mol. The van der Waals surface area contributed by atoms with Crippen LogP contribution >= 0.6 is 11.6 Å². The van der Waals surface area contributed by atoms with Gasteiger partial charge in [-0.15, -0.1) is 0 Å². The fourth-order valence-electron chi connectivity index (χ4n) is 3.59. The average molecular weight is 408 g/mol. The van der Waals surface area contributed by atoms with Crippen LogP contribution in [0.4, 0.5) is 0 Å². The molecule has 0 radical (unpaired) electrons. The minimum absolute atomic E-state index is 0.117. The summed E-state index contributed by atoms with van der Waals surface area (Å²) < 4.78 is 27.8. The van der Waals surface area contributed by atoms with Crippen molar-refractivity contribution in [3.63, 3.8) is 0 Å². The molecule has 1 fully saturated rings. The maximum absolute atomic E-state index is 12.5. The lowest BCUT2D eigenvalue weighted by Gasteiger charge is -2.33. The van der Waals surface area contributed by atoms with Crippen molar-refractivity contribution in [2.45, 2.75) is 32.1 Å². The first-order chi connectivity index (χ1) is 12.8. The summed E-state index contributed by atoms with van der Waals surface area (Å²) in [5, 5.41) is 0.732. The smallest absolute Gasteiger partial charge is 0.258 e. The van der Waals surface area contributed by atoms with Gasteiger partial charge in [-0.05, 0) is 61.6 Å². The average Bonchev–Trinajstić information content (AvgIpc) is 2.61. The van der Waals surface area contributed by atoms with Gasteiger partial charge in [0.1, 0.15) is 0 Å². The molecule has 1 aliphatic heterocycles. The Morgan fingerprint density at radius 2 is 2.00 bits per heavy atom. The molecule has 3 rings (SSSR count). The molecule has 5 nitrogen and oxygen atoms in total. The second kappa shape index (κ2) is 8.27. The first kappa shape index (κ1) is 20.3. The lowest BCUT2D eigenvalue weighted by molar-refractivity contribution is 0.296. The third-order valence-electron chi connectivity index (χ3n) is 4.92. The predicted octanol–water partition coefficient (Wildman–Crippen LogP) is 3.62. The SMILES string of the molecule is Cc1cc(Cc2cccc(Cl)c2)cc([C@@H]2CCCN(S(=O)(=O)N(C)C)C2)n1. The van der Waals surface area contributed by atoms with Crippen LogP contribution in [0, 0.1) is 6.92 Å². The maximum Gasteiger partial charge on any atom is 0.281 e. The molecule has 0 saturated carbocycles. The molecule has 27 heavy (non-hydrogen) atoms. The Morgan fingerprint density at radius 3 is 2.70 bits per heavy atom. The number of piperidine rings is 1. The Hall–Kier alpha value is -1.47. The molecule has 1 aromatic carbocycles. The summed E-state index contributed by atoms with van der Waals surface area (Å²) in [5.41, 5.74) is 4.26. The van der Waals surface area contributed by atoms with E-state index in [0.29, 0.717) is 13.1 Å². The number of benzene rings is 1. The highest BCUT2D eigenvalue weighted by molar-refractivity contribution is 7.86. The third-order valence-corrected chi connectivity index (χ3v) is 7.06. The quantitative estimate of drug-likeness (QED) is 0.760. The molecule has 1 aliphatic rings.